The van der Waals surface area contributed by atoms with Crippen molar-refractivity contribution in [1.29, 1.82) is 0 Å². The van der Waals surface area contributed by atoms with Crippen molar-refractivity contribution in [3.8, 4) is 0 Å². The fourth-order valence-corrected chi connectivity index (χ4v) is 4.60. The first-order chi connectivity index (χ1) is 16.9. The van der Waals surface area contributed by atoms with Crippen molar-refractivity contribution in [3.05, 3.63) is 12.7 Å². The molecule has 0 N–H and O–H groups in total. The largest absolute Gasteiger partial charge is 0.303 e. The van der Waals surface area contributed by atoms with Crippen LogP contribution in [0, 0.1) is 5.41 Å². The lowest BCUT2D eigenvalue weighted by atomic mass is 9.89. The fourth-order valence-electron chi connectivity index (χ4n) is 4.60. The molecule has 1 heteroatoms. The van der Waals surface area contributed by atoms with Crippen LogP contribution in [0.2, 0.25) is 0 Å². The Morgan fingerprint density at radius 3 is 1.29 bits per heavy atom. The van der Waals surface area contributed by atoms with Crippen LogP contribution in [0.5, 0.6) is 0 Å². The number of unbranched alkanes of at least 4 members (excludes halogenated alkanes) is 17. The molecule has 0 bridgehead atoms. The molecule has 0 aliphatic rings. The summed E-state index contributed by atoms with van der Waals surface area (Å²) < 4.78 is 0. The molecule has 0 rings (SSSR count). The first-order valence-electron chi connectivity index (χ1n) is 16.2. The Hall–Kier alpha value is -0.300. The Balaban J connectivity index is 0. The van der Waals surface area contributed by atoms with Crippen molar-refractivity contribution in [2.24, 2.45) is 5.41 Å². The SMILES string of the molecule is C=CCCCCCCCCC(C)(C)C.CCCCCCCCN(CCCC)CCCCCCCC. The summed E-state index contributed by atoms with van der Waals surface area (Å²) in [4.78, 5) is 2.74. The van der Waals surface area contributed by atoms with Crippen LogP contribution in [0.3, 0.4) is 0 Å². The van der Waals surface area contributed by atoms with E-state index in [-0.39, 0.29) is 0 Å². The smallest absolute Gasteiger partial charge is 0.00187 e. The summed E-state index contributed by atoms with van der Waals surface area (Å²) in [5.74, 6) is 0. The molecular weight excluding hydrogens is 422 g/mol. The van der Waals surface area contributed by atoms with Gasteiger partial charge in [0.15, 0.2) is 0 Å². The summed E-state index contributed by atoms with van der Waals surface area (Å²) in [7, 11) is 0. The molecular formula is C34H71N. The van der Waals surface area contributed by atoms with Gasteiger partial charge in [0, 0.05) is 0 Å². The van der Waals surface area contributed by atoms with E-state index in [1.807, 2.05) is 6.08 Å². The fraction of sp³-hybridized carbons (Fsp3) is 0.941. The van der Waals surface area contributed by atoms with Gasteiger partial charge in [0.1, 0.15) is 0 Å². The predicted molar refractivity (Wildman–Crippen MR) is 165 cm³/mol. The first-order valence-corrected chi connectivity index (χ1v) is 16.2. The summed E-state index contributed by atoms with van der Waals surface area (Å²) in [6.07, 6.45) is 32.8. The molecule has 0 fully saturated rings. The molecule has 0 aromatic carbocycles. The van der Waals surface area contributed by atoms with E-state index in [0.29, 0.717) is 5.41 Å². The van der Waals surface area contributed by atoms with E-state index in [1.54, 1.807) is 0 Å². The quantitative estimate of drug-likeness (QED) is 0.0902. The second-order valence-electron chi connectivity index (χ2n) is 12.2. The molecule has 1 nitrogen and oxygen atoms in total. The molecule has 0 unspecified atom stereocenters. The van der Waals surface area contributed by atoms with Gasteiger partial charge in [0.05, 0.1) is 0 Å². The number of allylic oxidation sites excluding steroid dienone is 1. The van der Waals surface area contributed by atoms with Gasteiger partial charge in [-0.05, 0) is 63.6 Å². The summed E-state index contributed by atoms with van der Waals surface area (Å²) in [5.41, 5.74) is 0.531. The Kier molecular flexibility index (Phi) is 31.5. The van der Waals surface area contributed by atoms with Gasteiger partial charge >= 0.3 is 0 Å². The highest BCUT2D eigenvalue weighted by atomic mass is 15.1. The van der Waals surface area contributed by atoms with Crippen LogP contribution in [0.1, 0.15) is 183 Å². The average Bonchev–Trinajstić information content (AvgIpc) is 2.82. The van der Waals surface area contributed by atoms with Crippen molar-refractivity contribution < 1.29 is 0 Å². The zero-order valence-electron chi connectivity index (χ0n) is 25.9. The predicted octanol–water partition coefficient (Wildman–Crippen LogP) is 12.1. The highest BCUT2D eigenvalue weighted by Gasteiger charge is 2.08. The molecule has 35 heavy (non-hydrogen) atoms. The molecule has 0 aliphatic heterocycles. The van der Waals surface area contributed by atoms with E-state index in [2.05, 4.69) is 53.0 Å². The molecule has 0 aliphatic carbocycles. The summed E-state index contributed by atoms with van der Waals surface area (Å²) >= 11 is 0. The van der Waals surface area contributed by atoms with Gasteiger partial charge in [-0.2, -0.15) is 0 Å². The second-order valence-corrected chi connectivity index (χ2v) is 12.2. The van der Waals surface area contributed by atoms with E-state index in [0.717, 1.165) is 0 Å². The van der Waals surface area contributed by atoms with E-state index >= 15 is 0 Å². The van der Waals surface area contributed by atoms with Crippen LogP contribution in [0.25, 0.3) is 0 Å². The average molecular weight is 494 g/mol. The van der Waals surface area contributed by atoms with Gasteiger partial charge < -0.3 is 4.90 Å². The maximum absolute atomic E-state index is 3.73. The zero-order valence-corrected chi connectivity index (χ0v) is 25.9. The van der Waals surface area contributed by atoms with Gasteiger partial charge in [0.25, 0.3) is 0 Å². The van der Waals surface area contributed by atoms with Gasteiger partial charge in [-0.3, -0.25) is 0 Å². The topological polar surface area (TPSA) is 3.24 Å². The van der Waals surface area contributed by atoms with E-state index in [4.69, 9.17) is 0 Å². The lowest BCUT2D eigenvalue weighted by molar-refractivity contribution is 0.256. The van der Waals surface area contributed by atoms with Gasteiger partial charge in [-0.1, -0.05) is 150 Å². The Morgan fingerprint density at radius 2 is 0.857 bits per heavy atom. The molecule has 0 aromatic rings. The van der Waals surface area contributed by atoms with Crippen LogP contribution < -0.4 is 0 Å². The summed E-state index contributed by atoms with van der Waals surface area (Å²) in [6, 6.07) is 0. The molecule has 0 atom stereocenters. The van der Waals surface area contributed by atoms with Crippen molar-refractivity contribution in [1.82, 2.24) is 4.90 Å². The molecule has 0 aromatic heterocycles. The normalized spacial score (nSPS) is 11.5. The number of hydrogen-bond acceptors (Lipinski definition) is 1. The second kappa shape index (κ2) is 29.9. The van der Waals surface area contributed by atoms with E-state index in [9.17, 15) is 0 Å². The van der Waals surface area contributed by atoms with Crippen LogP contribution in [0.15, 0.2) is 12.7 Å². The van der Waals surface area contributed by atoms with Crippen molar-refractivity contribution in [2.75, 3.05) is 19.6 Å². The molecule has 212 valence electrons. The number of rotatable bonds is 25. The molecule has 0 radical (unpaired) electrons. The van der Waals surface area contributed by atoms with Crippen molar-refractivity contribution in [2.45, 2.75) is 183 Å². The van der Waals surface area contributed by atoms with E-state index < -0.39 is 0 Å². The van der Waals surface area contributed by atoms with Crippen LogP contribution >= 0.6 is 0 Å². The van der Waals surface area contributed by atoms with Crippen LogP contribution in [-0.2, 0) is 0 Å². The number of hydrogen-bond donors (Lipinski definition) is 0. The maximum atomic E-state index is 3.73. The Labute approximate surface area is 225 Å². The van der Waals surface area contributed by atoms with Crippen LogP contribution in [-0.4, -0.2) is 24.5 Å². The van der Waals surface area contributed by atoms with Gasteiger partial charge in [0.2, 0.25) is 0 Å². The van der Waals surface area contributed by atoms with E-state index in [1.165, 1.54) is 161 Å². The summed E-state index contributed by atoms with van der Waals surface area (Å²) in [5, 5.41) is 0. The monoisotopic (exact) mass is 494 g/mol. The van der Waals surface area contributed by atoms with Gasteiger partial charge in [-0.15, -0.1) is 6.58 Å². The van der Waals surface area contributed by atoms with Gasteiger partial charge in [-0.25, -0.2) is 0 Å². The minimum atomic E-state index is 0.531. The Morgan fingerprint density at radius 1 is 0.486 bits per heavy atom. The van der Waals surface area contributed by atoms with Crippen LogP contribution in [0.4, 0.5) is 0 Å². The Bertz CT molecular complexity index is 365. The lowest BCUT2D eigenvalue weighted by Gasteiger charge is -2.22. The maximum Gasteiger partial charge on any atom is -0.00187 e. The minimum absolute atomic E-state index is 0.531. The highest BCUT2D eigenvalue weighted by Crippen LogP contribution is 2.22. The third kappa shape index (κ3) is 35.9. The third-order valence-corrected chi connectivity index (χ3v) is 7.07. The zero-order chi connectivity index (χ0) is 26.5. The summed E-state index contributed by atoms with van der Waals surface area (Å²) in [6.45, 7) is 21.7. The molecule has 0 saturated carbocycles. The van der Waals surface area contributed by atoms with Crippen molar-refractivity contribution in [3.63, 3.8) is 0 Å². The molecule has 0 heterocycles. The number of nitrogens with zero attached hydrogens (tertiary/aromatic N) is 1. The molecule has 0 spiro atoms. The molecule has 0 amide bonds. The minimum Gasteiger partial charge on any atom is -0.303 e. The highest BCUT2D eigenvalue weighted by molar-refractivity contribution is 4.65. The first kappa shape index (κ1) is 36.9. The van der Waals surface area contributed by atoms with Crippen molar-refractivity contribution >= 4 is 0 Å². The third-order valence-electron chi connectivity index (χ3n) is 7.07. The standard InChI is InChI=1S/C20H43N.C14H28/c1-4-7-10-12-14-16-19-21(18-9-6-3)20-17-15-13-11-8-5-2;1-5-6-7-8-9-10-11-12-13-14(2,3)4/h4-20H2,1-3H3;5H,1,6-13H2,2-4H3. The lowest BCUT2D eigenvalue weighted by Crippen LogP contribution is -2.27. The molecule has 0 saturated heterocycles.